The Morgan fingerprint density at radius 2 is 1.75 bits per heavy atom. The summed E-state index contributed by atoms with van der Waals surface area (Å²) in [6, 6.07) is 8.49. The van der Waals surface area contributed by atoms with Crippen molar-refractivity contribution < 1.29 is 24.3 Å². The third-order valence-corrected chi connectivity index (χ3v) is 5.31. The Morgan fingerprint density at radius 1 is 1.09 bits per heavy atom. The van der Waals surface area contributed by atoms with Gasteiger partial charge in [0.2, 0.25) is 11.8 Å². The minimum absolute atomic E-state index is 0.119. The van der Waals surface area contributed by atoms with Gasteiger partial charge in [-0.3, -0.25) is 14.8 Å². The van der Waals surface area contributed by atoms with Crippen molar-refractivity contribution in [3.8, 4) is 0 Å². The van der Waals surface area contributed by atoms with Crippen LogP contribution in [0.15, 0.2) is 43.0 Å². The predicted octanol–water partition coefficient (Wildman–Crippen LogP) is 3.81. The molecule has 0 bridgehead atoms. The number of esters is 1. The SMILES string of the molecule is C=CCC(C(=O)NO)[C@@H](CC(C)C)C(=O)N[C@@H](Cc1ccccc1)C(=O)O[C@H](C)CCC. The lowest BCUT2D eigenvalue weighted by Gasteiger charge is -2.28. The molecule has 1 aromatic carbocycles. The van der Waals surface area contributed by atoms with Crippen LogP contribution in [-0.2, 0) is 25.5 Å². The molecular weight excluding hydrogens is 408 g/mol. The van der Waals surface area contributed by atoms with Crippen molar-refractivity contribution in [1.82, 2.24) is 10.8 Å². The Balaban J connectivity index is 3.15. The van der Waals surface area contributed by atoms with Crippen LogP contribution >= 0.6 is 0 Å². The normalized spacial score (nSPS) is 14.7. The van der Waals surface area contributed by atoms with Crippen molar-refractivity contribution in [2.45, 2.75) is 71.9 Å². The van der Waals surface area contributed by atoms with Crippen LogP contribution in [-0.4, -0.2) is 35.1 Å². The number of carbonyl (C=O) groups is 3. The number of amides is 2. The van der Waals surface area contributed by atoms with Gasteiger partial charge >= 0.3 is 5.97 Å². The van der Waals surface area contributed by atoms with Crippen LogP contribution in [0.1, 0.15) is 58.9 Å². The van der Waals surface area contributed by atoms with Crippen LogP contribution in [0.4, 0.5) is 0 Å². The third kappa shape index (κ3) is 9.22. The van der Waals surface area contributed by atoms with Gasteiger partial charge in [-0.25, -0.2) is 10.3 Å². The average molecular weight is 447 g/mol. The summed E-state index contributed by atoms with van der Waals surface area (Å²) in [5.74, 6) is -2.99. The molecule has 0 aromatic heterocycles. The van der Waals surface area contributed by atoms with Gasteiger partial charge in [-0.1, -0.05) is 63.6 Å². The highest BCUT2D eigenvalue weighted by Crippen LogP contribution is 2.25. The highest BCUT2D eigenvalue weighted by molar-refractivity contribution is 5.90. The Labute approximate surface area is 191 Å². The predicted molar refractivity (Wildman–Crippen MR) is 124 cm³/mol. The second kappa shape index (κ2) is 14.4. The van der Waals surface area contributed by atoms with Gasteiger partial charge in [0.1, 0.15) is 6.04 Å². The molecule has 1 aromatic rings. The Bertz CT molecular complexity index is 735. The zero-order chi connectivity index (χ0) is 24.1. The molecule has 0 aliphatic rings. The molecule has 0 radical (unpaired) electrons. The van der Waals surface area contributed by atoms with Gasteiger partial charge in [0.05, 0.1) is 17.9 Å². The molecule has 7 heteroatoms. The molecule has 0 fully saturated rings. The van der Waals surface area contributed by atoms with Gasteiger partial charge in [-0.05, 0) is 37.7 Å². The summed E-state index contributed by atoms with van der Waals surface area (Å²) in [6.07, 6.45) is 3.80. The fourth-order valence-electron chi connectivity index (χ4n) is 3.75. The first-order chi connectivity index (χ1) is 15.2. The molecular formula is C25H38N2O5. The van der Waals surface area contributed by atoms with Crippen molar-refractivity contribution in [2.24, 2.45) is 17.8 Å². The van der Waals surface area contributed by atoms with E-state index < -0.39 is 35.7 Å². The van der Waals surface area contributed by atoms with Crippen LogP contribution in [0, 0.1) is 17.8 Å². The lowest BCUT2D eigenvalue weighted by Crippen LogP contribution is -2.49. The summed E-state index contributed by atoms with van der Waals surface area (Å²) in [5, 5.41) is 12.0. The minimum Gasteiger partial charge on any atom is -0.461 e. The first-order valence-corrected chi connectivity index (χ1v) is 11.3. The third-order valence-electron chi connectivity index (χ3n) is 5.31. The summed E-state index contributed by atoms with van der Waals surface area (Å²) < 4.78 is 5.57. The summed E-state index contributed by atoms with van der Waals surface area (Å²) >= 11 is 0. The Kier molecular flexibility index (Phi) is 12.3. The molecule has 7 nitrogen and oxygen atoms in total. The fourth-order valence-corrected chi connectivity index (χ4v) is 3.75. The van der Waals surface area contributed by atoms with E-state index in [1.54, 1.807) is 11.6 Å². The van der Waals surface area contributed by atoms with Gasteiger partial charge in [-0.2, -0.15) is 0 Å². The number of allylic oxidation sites excluding steroid dienone is 1. The number of carbonyl (C=O) groups excluding carboxylic acids is 3. The molecule has 0 aliphatic carbocycles. The van der Waals surface area contributed by atoms with E-state index in [0.717, 1.165) is 18.4 Å². The lowest BCUT2D eigenvalue weighted by molar-refractivity contribution is -0.153. The smallest absolute Gasteiger partial charge is 0.329 e. The average Bonchev–Trinajstić information content (AvgIpc) is 2.75. The maximum absolute atomic E-state index is 13.3. The Morgan fingerprint density at radius 3 is 2.28 bits per heavy atom. The molecule has 32 heavy (non-hydrogen) atoms. The maximum Gasteiger partial charge on any atom is 0.329 e. The van der Waals surface area contributed by atoms with Crippen LogP contribution in [0.2, 0.25) is 0 Å². The van der Waals surface area contributed by atoms with Crippen molar-refractivity contribution in [3.05, 3.63) is 48.6 Å². The Hall–Kier alpha value is -2.67. The number of ether oxygens (including phenoxy) is 1. The number of benzene rings is 1. The summed E-state index contributed by atoms with van der Waals surface area (Å²) in [6.45, 7) is 11.4. The number of rotatable bonds is 14. The van der Waals surface area contributed by atoms with Crippen LogP contribution in [0.25, 0.3) is 0 Å². The number of nitrogens with one attached hydrogen (secondary N) is 2. The lowest BCUT2D eigenvalue weighted by atomic mass is 9.82. The monoisotopic (exact) mass is 446 g/mol. The van der Waals surface area contributed by atoms with Gasteiger partial charge in [0.25, 0.3) is 0 Å². The molecule has 0 spiro atoms. The summed E-state index contributed by atoms with van der Waals surface area (Å²) in [7, 11) is 0. The topological polar surface area (TPSA) is 105 Å². The molecule has 3 N–H and O–H groups in total. The van der Waals surface area contributed by atoms with Gasteiger partial charge < -0.3 is 10.1 Å². The molecule has 178 valence electrons. The van der Waals surface area contributed by atoms with Crippen LogP contribution < -0.4 is 10.8 Å². The van der Waals surface area contributed by atoms with Gasteiger partial charge in [-0.15, -0.1) is 6.58 Å². The molecule has 2 amide bonds. The molecule has 1 unspecified atom stereocenters. The van der Waals surface area contributed by atoms with Crippen molar-refractivity contribution in [1.29, 1.82) is 0 Å². The molecule has 0 aliphatic heterocycles. The van der Waals surface area contributed by atoms with E-state index in [2.05, 4.69) is 11.9 Å². The first kappa shape index (κ1) is 27.4. The van der Waals surface area contributed by atoms with Gasteiger partial charge in [0, 0.05) is 6.42 Å². The van der Waals surface area contributed by atoms with Crippen LogP contribution in [0.3, 0.4) is 0 Å². The number of hydrogen-bond acceptors (Lipinski definition) is 5. The van der Waals surface area contributed by atoms with E-state index in [-0.39, 0.29) is 24.9 Å². The van der Waals surface area contributed by atoms with E-state index >= 15 is 0 Å². The zero-order valence-electron chi connectivity index (χ0n) is 19.7. The minimum atomic E-state index is -0.888. The van der Waals surface area contributed by atoms with E-state index in [1.807, 2.05) is 58.0 Å². The summed E-state index contributed by atoms with van der Waals surface area (Å²) in [5.41, 5.74) is 2.54. The molecule has 0 saturated heterocycles. The maximum atomic E-state index is 13.3. The highest BCUT2D eigenvalue weighted by atomic mass is 16.5. The quantitative estimate of drug-likeness (QED) is 0.174. The standard InChI is InChI=1S/C25H38N2O5/c1-6-11-18(5)32-25(30)22(16-19-13-9-8-10-14-19)26-23(28)21(15-17(3)4)20(12-7-2)24(29)27-31/h7-10,13-14,17-18,20-22,31H,2,6,11-12,15-16H2,1,3-5H3,(H,26,28)(H,27,29)/t18-,20?,21-,22+/m1/s1. The van der Waals surface area contributed by atoms with E-state index in [9.17, 15) is 19.6 Å². The number of hydrogen-bond donors (Lipinski definition) is 3. The zero-order valence-corrected chi connectivity index (χ0v) is 19.7. The number of hydroxylamine groups is 1. The summed E-state index contributed by atoms with van der Waals surface area (Å²) in [4.78, 5) is 38.5. The second-order valence-electron chi connectivity index (χ2n) is 8.63. The van der Waals surface area contributed by atoms with Crippen molar-refractivity contribution >= 4 is 17.8 Å². The second-order valence-corrected chi connectivity index (χ2v) is 8.63. The molecule has 0 heterocycles. The van der Waals surface area contributed by atoms with E-state index in [0.29, 0.717) is 6.42 Å². The molecule has 4 atom stereocenters. The first-order valence-electron chi connectivity index (χ1n) is 11.3. The van der Waals surface area contributed by atoms with E-state index in [4.69, 9.17) is 4.74 Å². The van der Waals surface area contributed by atoms with Gasteiger partial charge in [0.15, 0.2) is 0 Å². The fraction of sp³-hybridized carbons (Fsp3) is 0.560. The van der Waals surface area contributed by atoms with Crippen molar-refractivity contribution in [3.63, 3.8) is 0 Å². The van der Waals surface area contributed by atoms with Crippen molar-refractivity contribution in [2.75, 3.05) is 0 Å². The van der Waals surface area contributed by atoms with Crippen LogP contribution in [0.5, 0.6) is 0 Å². The molecule has 1 rings (SSSR count). The van der Waals surface area contributed by atoms with E-state index in [1.165, 1.54) is 0 Å². The highest BCUT2D eigenvalue weighted by Gasteiger charge is 2.35. The molecule has 0 saturated carbocycles. The largest absolute Gasteiger partial charge is 0.461 e.